The Morgan fingerprint density at radius 3 is 2.58 bits per heavy atom. The number of pyridine rings is 1. The summed E-state index contributed by atoms with van der Waals surface area (Å²) in [6, 6.07) is 11.0. The van der Waals surface area contributed by atoms with E-state index in [-0.39, 0.29) is 22.2 Å². The van der Waals surface area contributed by atoms with Gasteiger partial charge in [-0.2, -0.15) is 0 Å². The molecule has 4 rings (SSSR count). The van der Waals surface area contributed by atoms with E-state index in [9.17, 15) is 4.79 Å². The zero-order chi connectivity index (χ0) is 23.7. The molecule has 3 N–H and O–H groups in total. The van der Waals surface area contributed by atoms with Gasteiger partial charge in [0, 0.05) is 44.2 Å². The van der Waals surface area contributed by atoms with E-state index >= 15 is 4.39 Å². The Kier molecular flexibility index (Phi) is 6.49. The first-order valence-corrected chi connectivity index (χ1v) is 11.2. The highest BCUT2D eigenvalue weighted by atomic mass is 35.5. The summed E-state index contributed by atoms with van der Waals surface area (Å²) in [7, 11) is 1.75. The van der Waals surface area contributed by atoms with Gasteiger partial charge in [-0.1, -0.05) is 54.7 Å². The van der Waals surface area contributed by atoms with Crippen LogP contribution in [-0.4, -0.2) is 58.9 Å². The van der Waals surface area contributed by atoms with Crippen molar-refractivity contribution in [2.75, 3.05) is 44.3 Å². The maximum Gasteiger partial charge on any atom is 0.246 e. The monoisotopic (exact) mass is 483 g/mol. The summed E-state index contributed by atoms with van der Waals surface area (Å²) in [6.45, 7) is 5.52. The molecule has 9 heteroatoms. The third-order valence-corrected chi connectivity index (χ3v) is 6.55. The second kappa shape index (κ2) is 9.33. The van der Waals surface area contributed by atoms with Crippen molar-refractivity contribution in [3.8, 4) is 11.3 Å². The van der Waals surface area contributed by atoms with Gasteiger partial charge in [0.15, 0.2) is 5.82 Å². The van der Waals surface area contributed by atoms with Crippen molar-refractivity contribution < 1.29 is 9.18 Å². The molecule has 1 amide bonds. The van der Waals surface area contributed by atoms with Gasteiger partial charge in [-0.05, 0) is 23.6 Å². The number of nitrogens with zero attached hydrogens (tertiary/aromatic N) is 3. The average Bonchev–Trinajstić information content (AvgIpc) is 2.85. The van der Waals surface area contributed by atoms with Crippen LogP contribution in [0.1, 0.15) is 5.56 Å². The fraction of sp³-hybridized carbons (Fsp3) is 0.208. The fourth-order valence-corrected chi connectivity index (χ4v) is 4.61. The van der Waals surface area contributed by atoms with E-state index in [1.54, 1.807) is 18.0 Å². The summed E-state index contributed by atoms with van der Waals surface area (Å²) in [4.78, 5) is 20.4. The third-order valence-electron chi connectivity index (χ3n) is 5.77. The minimum atomic E-state index is -0.661. The van der Waals surface area contributed by atoms with Crippen molar-refractivity contribution >= 4 is 57.0 Å². The van der Waals surface area contributed by atoms with E-state index < -0.39 is 5.82 Å². The molecule has 0 saturated carbocycles. The summed E-state index contributed by atoms with van der Waals surface area (Å²) in [5, 5.41) is 4.83. The lowest BCUT2D eigenvalue weighted by Gasteiger charge is -2.36. The number of rotatable bonds is 4. The molecule has 0 aliphatic carbocycles. The highest BCUT2D eigenvalue weighted by molar-refractivity contribution is 7.80. The molecule has 33 heavy (non-hydrogen) atoms. The van der Waals surface area contributed by atoms with Crippen molar-refractivity contribution in [3.63, 3.8) is 0 Å². The molecule has 6 nitrogen and oxygen atoms in total. The first-order valence-electron chi connectivity index (χ1n) is 10.4. The van der Waals surface area contributed by atoms with Crippen LogP contribution >= 0.6 is 23.8 Å². The number of anilines is 2. The lowest BCUT2D eigenvalue weighted by molar-refractivity contribution is -0.127. The molecule has 0 radical (unpaired) electrons. The van der Waals surface area contributed by atoms with Crippen LogP contribution in [-0.2, 0) is 4.79 Å². The lowest BCUT2D eigenvalue weighted by Crippen LogP contribution is -2.50. The molecule has 3 aromatic rings. The molecule has 1 aliphatic rings. The maximum absolute atomic E-state index is 15.7. The van der Waals surface area contributed by atoms with Crippen molar-refractivity contribution in [1.29, 1.82) is 0 Å². The van der Waals surface area contributed by atoms with Crippen LogP contribution in [0, 0.1) is 5.82 Å². The van der Waals surface area contributed by atoms with Crippen LogP contribution in [0.25, 0.3) is 22.0 Å². The van der Waals surface area contributed by atoms with Crippen LogP contribution < -0.4 is 11.1 Å². The molecule has 0 bridgehead atoms. The molecule has 2 aromatic carbocycles. The number of hydrogen-bond acceptors (Lipinski definition) is 5. The first-order chi connectivity index (χ1) is 15.8. The number of aromatic nitrogens is 1. The number of fused-ring (bicyclic) bond motifs is 1. The number of thiocarbonyl (C=S) groups is 1. The molecular formula is C24H23ClFN5OS. The summed E-state index contributed by atoms with van der Waals surface area (Å²) in [5.74, 6) is -0.197. The van der Waals surface area contributed by atoms with E-state index in [0.29, 0.717) is 48.2 Å². The van der Waals surface area contributed by atoms with Gasteiger partial charge in [0.05, 0.1) is 22.0 Å². The minimum Gasteiger partial charge on any atom is -0.396 e. The first kappa shape index (κ1) is 22.9. The summed E-state index contributed by atoms with van der Waals surface area (Å²) >= 11 is 12.2. The molecular weight excluding hydrogens is 461 g/mol. The van der Waals surface area contributed by atoms with Crippen LogP contribution in [0.2, 0.25) is 5.02 Å². The quantitative estimate of drug-likeness (QED) is 0.327. The summed E-state index contributed by atoms with van der Waals surface area (Å²) in [5.41, 5.74) is 7.05. The smallest absolute Gasteiger partial charge is 0.246 e. The van der Waals surface area contributed by atoms with Crippen molar-refractivity contribution in [2.24, 2.45) is 0 Å². The minimum absolute atomic E-state index is 0.0789. The predicted molar refractivity (Wildman–Crippen MR) is 136 cm³/mol. The molecule has 1 fully saturated rings. The van der Waals surface area contributed by atoms with Gasteiger partial charge in [-0.15, -0.1) is 0 Å². The number of nitrogens with one attached hydrogen (secondary N) is 1. The van der Waals surface area contributed by atoms with E-state index in [0.717, 1.165) is 10.8 Å². The van der Waals surface area contributed by atoms with E-state index in [4.69, 9.17) is 29.6 Å². The molecule has 1 saturated heterocycles. The number of hydrogen-bond donors (Lipinski definition) is 2. The number of benzene rings is 2. The Hall–Kier alpha value is -3.23. The number of nitrogen functional groups attached to an aromatic ring is 1. The molecule has 0 atom stereocenters. The van der Waals surface area contributed by atoms with Gasteiger partial charge in [0.2, 0.25) is 5.91 Å². The SMILES string of the molecule is C=CC(=O)N1CCN(C(=S)c2cc(Cl)c(-c3nc(NC)cc4ccccc34)c(F)c2N)CC1. The summed E-state index contributed by atoms with van der Waals surface area (Å²) < 4.78 is 15.7. The Morgan fingerprint density at radius 1 is 1.24 bits per heavy atom. The molecule has 1 aliphatic heterocycles. The highest BCUT2D eigenvalue weighted by Crippen LogP contribution is 2.39. The van der Waals surface area contributed by atoms with Gasteiger partial charge in [-0.3, -0.25) is 4.79 Å². The van der Waals surface area contributed by atoms with Crippen LogP contribution in [0.5, 0.6) is 0 Å². The van der Waals surface area contributed by atoms with Gasteiger partial charge >= 0.3 is 0 Å². The molecule has 2 heterocycles. The topological polar surface area (TPSA) is 74.5 Å². The second-order valence-electron chi connectivity index (χ2n) is 7.66. The van der Waals surface area contributed by atoms with Gasteiger partial charge in [0.25, 0.3) is 0 Å². The zero-order valence-corrected chi connectivity index (χ0v) is 19.6. The Labute approximate surface area is 201 Å². The third kappa shape index (κ3) is 4.24. The Morgan fingerprint density at radius 2 is 1.91 bits per heavy atom. The number of nitrogens with two attached hydrogens (primary N) is 1. The summed E-state index contributed by atoms with van der Waals surface area (Å²) in [6.07, 6.45) is 1.29. The number of halogens is 2. The molecule has 170 valence electrons. The number of amides is 1. The largest absolute Gasteiger partial charge is 0.396 e. The van der Waals surface area contributed by atoms with E-state index in [1.165, 1.54) is 6.08 Å². The number of piperazine rings is 1. The normalized spacial score (nSPS) is 13.8. The molecule has 1 aromatic heterocycles. The lowest BCUT2D eigenvalue weighted by atomic mass is 10.00. The molecule has 0 unspecified atom stereocenters. The number of carbonyl (C=O) groups excluding carboxylic acids is 1. The van der Waals surface area contributed by atoms with E-state index in [1.807, 2.05) is 35.2 Å². The van der Waals surface area contributed by atoms with Gasteiger partial charge < -0.3 is 20.9 Å². The van der Waals surface area contributed by atoms with Crippen LogP contribution in [0.3, 0.4) is 0 Å². The average molecular weight is 484 g/mol. The zero-order valence-electron chi connectivity index (χ0n) is 18.1. The van der Waals surface area contributed by atoms with Crippen molar-refractivity contribution in [2.45, 2.75) is 0 Å². The van der Waals surface area contributed by atoms with Gasteiger partial charge in [-0.25, -0.2) is 9.37 Å². The highest BCUT2D eigenvalue weighted by Gasteiger charge is 2.26. The predicted octanol–water partition coefficient (Wildman–Crippen LogP) is 4.32. The van der Waals surface area contributed by atoms with Crippen LogP contribution in [0.4, 0.5) is 15.9 Å². The fourth-order valence-electron chi connectivity index (χ4n) is 3.98. The van der Waals surface area contributed by atoms with E-state index in [2.05, 4.69) is 16.9 Å². The second-order valence-corrected chi connectivity index (χ2v) is 8.45. The maximum atomic E-state index is 15.7. The molecule has 0 spiro atoms. The van der Waals surface area contributed by atoms with Gasteiger partial charge in [0.1, 0.15) is 10.8 Å². The number of carbonyl (C=O) groups is 1. The Balaban J connectivity index is 1.73. The van der Waals surface area contributed by atoms with Crippen LogP contribution in [0.15, 0.2) is 49.1 Å². The standard InChI is InChI=1S/C24H23ClFN5OS/c1-3-19(32)30-8-10-31(11-9-30)24(33)16-13-17(25)20(21(26)22(16)27)23-15-7-5-4-6-14(15)12-18(28-2)29-23/h3-7,12-13H,1,8-11,27H2,2H3,(H,28,29). The van der Waals surface area contributed by atoms with Crippen molar-refractivity contribution in [3.05, 3.63) is 65.5 Å². The Bertz CT molecular complexity index is 1270. The van der Waals surface area contributed by atoms with Crippen molar-refractivity contribution in [1.82, 2.24) is 14.8 Å².